The highest BCUT2D eigenvalue weighted by molar-refractivity contribution is 5.73. The van der Waals surface area contributed by atoms with Crippen molar-refractivity contribution >= 4 is 11.9 Å². The lowest BCUT2D eigenvalue weighted by Gasteiger charge is -2.22. The van der Waals surface area contributed by atoms with Crippen LogP contribution in [-0.4, -0.2) is 50.2 Å². The molecule has 0 bridgehead atoms. The van der Waals surface area contributed by atoms with Crippen LogP contribution >= 0.6 is 0 Å². The number of hydrogen-bond donors (Lipinski definition) is 0. The van der Waals surface area contributed by atoms with Crippen molar-refractivity contribution in [2.75, 3.05) is 27.2 Å². The van der Waals surface area contributed by atoms with E-state index in [1.54, 1.807) is 0 Å². The topological polar surface area (TPSA) is 55.8 Å². The van der Waals surface area contributed by atoms with Crippen molar-refractivity contribution in [2.45, 2.75) is 169 Å². The summed E-state index contributed by atoms with van der Waals surface area (Å²) in [6.07, 6.45) is 23.6. The Kier molecular flexibility index (Phi) is 26.3. The molecule has 0 saturated heterocycles. The van der Waals surface area contributed by atoms with Crippen LogP contribution in [0.2, 0.25) is 0 Å². The van der Waals surface area contributed by atoms with Gasteiger partial charge in [-0.15, -0.1) is 0 Å². The largest absolute Gasteiger partial charge is 0.462 e. The molecule has 0 amide bonds. The molecule has 5 nitrogen and oxygen atoms in total. The van der Waals surface area contributed by atoms with Crippen LogP contribution in [0.5, 0.6) is 0 Å². The third-order valence-corrected chi connectivity index (χ3v) is 7.88. The molecule has 0 aromatic rings. The molecule has 0 fully saturated rings. The third-order valence-electron chi connectivity index (χ3n) is 7.88. The van der Waals surface area contributed by atoms with Crippen LogP contribution in [-0.2, 0) is 19.1 Å². The highest BCUT2D eigenvalue weighted by Gasteiger charge is 2.24. The average molecular weight is 554 g/mol. The highest BCUT2D eigenvalue weighted by Crippen LogP contribution is 2.22. The Balaban J connectivity index is 4.91. The van der Waals surface area contributed by atoms with Crippen LogP contribution < -0.4 is 0 Å². The Morgan fingerprint density at radius 3 is 1.49 bits per heavy atom. The second kappa shape index (κ2) is 27.1. The predicted molar refractivity (Wildman–Crippen MR) is 166 cm³/mol. The Hall–Kier alpha value is -1.10. The molecule has 0 saturated carbocycles. The van der Waals surface area contributed by atoms with Gasteiger partial charge in [0.1, 0.15) is 12.7 Å². The average Bonchev–Trinajstić information content (AvgIpc) is 2.92. The lowest BCUT2D eigenvalue weighted by atomic mass is 9.94. The first-order valence-corrected chi connectivity index (χ1v) is 16.9. The zero-order valence-electron chi connectivity index (χ0n) is 27.1. The molecule has 232 valence electrons. The maximum Gasteiger partial charge on any atom is 0.309 e. The van der Waals surface area contributed by atoms with Gasteiger partial charge in [0.2, 0.25) is 0 Å². The first-order chi connectivity index (χ1) is 18.8. The molecule has 0 aliphatic heterocycles. The molecule has 0 aliphatic carbocycles. The summed E-state index contributed by atoms with van der Waals surface area (Å²) in [5.41, 5.74) is 0. The summed E-state index contributed by atoms with van der Waals surface area (Å²) in [4.78, 5) is 28.1. The van der Waals surface area contributed by atoms with Gasteiger partial charge in [0.15, 0.2) is 0 Å². The van der Waals surface area contributed by atoms with E-state index >= 15 is 0 Å². The van der Waals surface area contributed by atoms with Crippen LogP contribution in [0.3, 0.4) is 0 Å². The second-order valence-electron chi connectivity index (χ2n) is 12.2. The van der Waals surface area contributed by atoms with Crippen molar-refractivity contribution in [1.29, 1.82) is 0 Å². The van der Waals surface area contributed by atoms with Gasteiger partial charge in [-0.2, -0.15) is 0 Å². The molecule has 0 heterocycles. The van der Waals surface area contributed by atoms with Gasteiger partial charge < -0.3 is 14.4 Å². The number of hydrogen-bond acceptors (Lipinski definition) is 5. The number of esters is 2. The van der Waals surface area contributed by atoms with E-state index in [1.807, 2.05) is 21.0 Å². The van der Waals surface area contributed by atoms with Crippen molar-refractivity contribution in [3.63, 3.8) is 0 Å². The van der Waals surface area contributed by atoms with Gasteiger partial charge in [0, 0.05) is 0 Å². The van der Waals surface area contributed by atoms with E-state index in [4.69, 9.17) is 9.47 Å². The van der Waals surface area contributed by atoms with Gasteiger partial charge in [0.05, 0.1) is 11.8 Å². The molecule has 0 aromatic carbocycles. The van der Waals surface area contributed by atoms with Gasteiger partial charge in [-0.05, 0) is 52.7 Å². The van der Waals surface area contributed by atoms with Gasteiger partial charge in [-0.25, -0.2) is 0 Å². The van der Waals surface area contributed by atoms with Gasteiger partial charge in [-0.3, -0.25) is 9.59 Å². The Labute approximate surface area is 243 Å². The summed E-state index contributed by atoms with van der Waals surface area (Å²) in [5, 5.41) is 0. The fourth-order valence-corrected chi connectivity index (χ4v) is 5.02. The standard InChI is InChI=1S/C34H67NO4/c1-7-10-13-16-17-20-22-25-31(24-21-18-14-11-8-2)34(37)38-29-32(26-23-19-15-12-9-3)39-33(36)30(4)27-28-35(5)6/h30-32H,7-29H2,1-6H3. The van der Waals surface area contributed by atoms with Gasteiger partial charge >= 0.3 is 11.9 Å². The van der Waals surface area contributed by atoms with E-state index in [2.05, 4.69) is 25.7 Å². The molecule has 0 radical (unpaired) electrons. The first-order valence-electron chi connectivity index (χ1n) is 16.9. The van der Waals surface area contributed by atoms with Crippen molar-refractivity contribution in [1.82, 2.24) is 4.90 Å². The quantitative estimate of drug-likeness (QED) is 0.0713. The molecule has 0 N–H and O–H groups in total. The zero-order valence-corrected chi connectivity index (χ0v) is 27.1. The maximum absolute atomic E-state index is 13.2. The lowest BCUT2D eigenvalue weighted by molar-refractivity contribution is -0.164. The number of rotatable bonds is 28. The number of unbranched alkanes of at least 4 members (excludes halogenated alkanes) is 14. The monoisotopic (exact) mass is 554 g/mol. The van der Waals surface area contributed by atoms with Crippen molar-refractivity contribution in [3.8, 4) is 0 Å². The molecule has 0 aliphatic rings. The fraction of sp³-hybridized carbons (Fsp3) is 0.941. The summed E-state index contributed by atoms with van der Waals surface area (Å²) in [5.74, 6) is -0.424. The summed E-state index contributed by atoms with van der Waals surface area (Å²) in [6.45, 7) is 9.68. The van der Waals surface area contributed by atoms with E-state index in [0.717, 1.165) is 57.9 Å². The molecular weight excluding hydrogens is 486 g/mol. The van der Waals surface area contributed by atoms with Gasteiger partial charge in [-0.1, -0.05) is 130 Å². The lowest BCUT2D eigenvalue weighted by Crippen LogP contribution is -2.30. The van der Waals surface area contributed by atoms with Crippen LogP contribution in [0.4, 0.5) is 0 Å². The molecule has 3 atom stereocenters. The molecule has 0 rings (SSSR count). The van der Waals surface area contributed by atoms with Gasteiger partial charge in [0.25, 0.3) is 0 Å². The minimum Gasteiger partial charge on any atom is -0.462 e. The summed E-state index contributed by atoms with van der Waals surface area (Å²) < 4.78 is 11.8. The number of carbonyl (C=O) groups is 2. The normalized spacial score (nSPS) is 13.8. The number of nitrogens with zero attached hydrogens (tertiary/aromatic N) is 1. The Morgan fingerprint density at radius 1 is 0.590 bits per heavy atom. The van der Waals surface area contributed by atoms with Crippen molar-refractivity contribution < 1.29 is 19.1 Å². The van der Waals surface area contributed by atoms with E-state index in [1.165, 1.54) is 83.5 Å². The zero-order chi connectivity index (χ0) is 29.1. The Morgan fingerprint density at radius 2 is 1.03 bits per heavy atom. The summed E-state index contributed by atoms with van der Waals surface area (Å²) in [6, 6.07) is 0. The number of carbonyl (C=O) groups excluding carboxylic acids is 2. The molecular formula is C34H67NO4. The fourth-order valence-electron chi connectivity index (χ4n) is 5.02. The highest BCUT2D eigenvalue weighted by atomic mass is 16.6. The van der Waals surface area contributed by atoms with E-state index < -0.39 is 0 Å². The third kappa shape index (κ3) is 23.3. The second-order valence-corrected chi connectivity index (χ2v) is 12.2. The van der Waals surface area contributed by atoms with Crippen LogP contribution in [0.15, 0.2) is 0 Å². The van der Waals surface area contributed by atoms with E-state index in [0.29, 0.717) is 0 Å². The van der Waals surface area contributed by atoms with Crippen LogP contribution in [0, 0.1) is 11.8 Å². The predicted octanol–water partition coefficient (Wildman–Crippen LogP) is 9.51. The molecule has 0 spiro atoms. The Bertz CT molecular complexity index is 565. The van der Waals surface area contributed by atoms with Crippen molar-refractivity contribution in [3.05, 3.63) is 0 Å². The minimum absolute atomic E-state index is 0.0258. The number of ether oxygens (including phenoxy) is 2. The SMILES string of the molecule is CCCCCCCCCC(CCCCCCC)C(=O)OCC(CCCCCCC)OC(=O)C(C)CCN(C)C. The van der Waals surface area contributed by atoms with Crippen LogP contribution in [0.25, 0.3) is 0 Å². The molecule has 5 heteroatoms. The van der Waals surface area contributed by atoms with Crippen LogP contribution in [0.1, 0.15) is 163 Å². The smallest absolute Gasteiger partial charge is 0.309 e. The molecule has 39 heavy (non-hydrogen) atoms. The van der Waals surface area contributed by atoms with E-state index in [-0.39, 0.29) is 36.5 Å². The van der Waals surface area contributed by atoms with E-state index in [9.17, 15) is 9.59 Å². The first kappa shape index (κ1) is 37.9. The minimum atomic E-state index is -0.339. The molecule has 0 aromatic heterocycles. The van der Waals surface area contributed by atoms with Crippen molar-refractivity contribution in [2.24, 2.45) is 11.8 Å². The maximum atomic E-state index is 13.2. The molecule has 3 unspecified atom stereocenters. The summed E-state index contributed by atoms with van der Waals surface area (Å²) in [7, 11) is 4.03. The summed E-state index contributed by atoms with van der Waals surface area (Å²) >= 11 is 0.